The summed E-state index contributed by atoms with van der Waals surface area (Å²) in [5.41, 5.74) is 0.418. The highest BCUT2D eigenvalue weighted by molar-refractivity contribution is 5.92. The maximum absolute atomic E-state index is 12.4. The lowest BCUT2D eigenvalue weighted by molar-refractivity contribution is 0.0786. The molecule has 2 aliphatic rings. The number of carbonyl (C=O) groups is 1. The first-order valence-corrected chi connectivity index (χ1v) is 8.44. The van der Waals surface area contributed by atoms with Gasteiger partial charge < -0.3 is 14.8 Å². The van der Waals surface area contributed by atoms with E-state index in [4.69, 9.17) is 0 Å². The van der Waals surface area contributed by atoms with Crippen molar-refractivity contribution in [2.75, 3.05) is 25.0 Å². The molecule has 1 fully saturated rings. The predicted octanol–water partition coefficient (Wildman–Crippen LogP) is 0.897. The van der Waals surface area contributed by atoms with Crippen LogP contribution in [0.2, 0.25) is 0 Å². The first-order chi connectivity index (χ1) is 11.7. The molecule has 0 aromatic carbocycles. The van der Waals surface area contributed by atoms with E-state index in [0.717, 1.165) is 57.1 Å². The predicted molar refractivity (Wildman–Crippen MR) is 87.6 cm³/mol. The lowest BCUT2D eigenvalue weighted by atomic mass is 10.1. The number of amides is 1. The minimum absolute atomic E-state index is 0.0219. The van der Waals surface area contributed by atoms with Crippen molar-refractivity contribution in [3.8, 4) is 0 Å². The Kier molecular flexibility index (Phi) is 3.87. The van der Waals surface area contributed by atoms with Crippen molar-refractivity contribution in [3.63, 3.8) is 0 Å². The van der Waals surface area contributed by atoms with Crippen LogP contribution in [0.3, 0.4) is 0 Å². The maximum atomic E-state index is 12.4. The zero-order chi connectivity index (χ0) is 16.5. The number of aromatic nitrogens is 5. The van der Waals surface area contributed by atoms with Crippen molar-refractivity contribution in [3.05, 3.63) is 29.7 Å². The van der Waals surface area contributed by atoms with Crippen LogP contribution in [0, 0.1) is 12.8 Å². The summed E-state index contributed by atoms with van der Waals surface area (Å²) in [6.07, 6.45) is 6.27. The molecular weight excluding hydrogens is 306 g/mol. The Labute approximate surface area is 140 Å². The van der Waals surface area contributed by atoms with Gasteiger partial charge in [-0.1, -0.05) is 0 Å². The molecule has 2 aromatic rings. The molecule has 2 aromatic heterocycles. The standard InChI is InChI=1S/C16H21N7O/c1-11-20-21-15-6-12(10-23(11)15)7-18-14-9-17-8-13(19-14)16(24)22-4-2-3-5-22/h8-9,12H,2-7,10H2,1H3,(H,18,19). The summed E-state index contributed by atoms with van der Waals surface area (Å²) >= 11 is 0. The third kappa shape index (κ3) is 2.83. The van der Waals surface area contributed by atoms with E-state index >= 15 is 0 Å². The van der Waals surface area contributed by atoms with E-state index in [1.54, 1.807) is 12.4 Å². The van der Waals surface area contributed by atoms with Crippen molar-refractivity contribution in [2.24, 2.45) is 5.92 Å². The fourth-order valence-corrected chi connectivity index (χ4v) is 3.42. The van der Waals surface area contributed by atoms with Crippen LogP contribution in [0.4, 0.5) is 5.82 Å². The fourth-order valence-electron chi connectivity index (χ4n) is 3.42. The molecule has 0 aliphatic carbocycles. The summed E-state index contributed by atoms with van der Waals surface area (Å²) in [5, 5.41) is 11.6. The minimum Gasteiger partial charge on any atom is -0.368 e. The quantitative estimate of drug-likeness (QED) is 0.897. The van der Waals surface area contributed by atoms with E-state index < -0.39 is 0 Å². The third-order valence-corrected chi connectivity index (χ3v) is 4.74. The van der Waals surface area contributed by atoms with Gasteiger partial charge in [-0.2, -0.15) is 0 Å². The van der Waals surface area contributed by atoms with Crippen LogP contribution in [-0.4, -0.2) is 55.2 Å². The van der Waals surface area contributed by atoms with Gasteiger partial charge in [-0.25, -0.2) is 4.98 Å². The second-order valence-electron chi connectivity index (χ2n) is 6.51. The zero-order valence-corrected chi connectivity index (χ0v) is 13.8. The second kappa shape index (κ2) is 6.18. The van der Waals surface area contributed by atoms with Crippen molar-refractivity contribution in [1.29, 1.82) is 0 Å². The molecule has 0 radical (unpaired) electrons. The Morgan fingerprint density at radius 3 is 2.92 bits per heavy atom. The van der Waals surface area contributed by atoms with Gasteiger partial charge in [0.1, 0.15) is 23.2 Å². The Hall–Kier alpha value is -2.51. The molecule has 24 heavy (non-hydrogen) atoms. The van der Waals surface area contributed by atoms with Gasteiger partial charge in [0.2, 0.25) is 0 Å². The molecular formula is C16H21N7O. The number of hydrogen-bond donors (Lipinski definition) is 1. The van der Waals surface area contributed by atoms with Crippen LogP contribution in [-0.2, 0) is 13.0 Å². The highest BCUT2D eigenvalue weighted by Crippen LogP contribution is 2.20. The average Bonchev–Trinajstić information content (AvgIpc) is 3.32. The SMILES string of the molecule is Cc1nnc2n1CC(CNc1cncc(C(=O)N3CCCC3)n1)C2. The number of aryl methyl sites for hydroxylation is 1. The van der Waals surface area contributed by atoms with Crippen LogP contribution in [0.15, 0.2) is 12.4 Å². The van der Waals surface area contributed by atoms with E-state index in [9.17, 15) is 4.79 Å². The maximum Gasteiger partial charge on any atom is 0.274 e. The van der Waals surface area contributed by atoms with Crippen molar-refractivity contribution in [1.82, 2.24) is 29.6 Å². The Morgan fingerprint density at radius 1 is 1.29 bits per heavy atom. The molecule has 8 nitrogen and oxygen atoms in total. The zero-order valence-electron chi connectivity index (χ0n) is 13.8. The number of rotatable bonds is 4. The highest BCUT2D eigenvalue weighted by atomic mass is 16.2. The largest absolute Gasteiger partial charge is 0.368 e. The Morgan fingerprint density at radius 2 is 2.12 bits per heavy atom. The van der Waals surface area contributed by atoms with E-state index in [2.05, 4.69) is 30.0 Å². The molecule has 1 amide bonds. The monoisotopic (exact) mass is 327 g/mol. The summed E-state index contributed by atoms with van der Waals surface area (Å²) in [4.78, 5) is 22.8. The summed E-state index contributed by atoms with van der Waals surface area (Å²) in [5.74, 6) is 3.09. The molecule has 0 saturated carbocycles. The van der Waals surface area contributed by atoms with Crippen molar-refractivity contribution in [2.45, 2.75) is 32.7 Å². The third-order valence-electron chi connectivity index (χ3n) is 4.74. The van der Waals surface area contributed by atoms with E-state index in [1.165, 1.54) is 0 Å². The Bertz CT molecular complexity index is 751. The molecule has 0 bridgehead atoms. The number of nitrogens with one attached hydrogen (secondary N) is 1. The topological polar surface area (TPSA) is 88.8 Å². The number of likely N-dealkylation sites (tertiary alicyclic amines) is 1. The molecule has 1 saturated heterocycles. The summed E-state index contributed by atoms with van der Waals surface area (Å²) in [6, 6.07) is 0. The first kappa shape index (κ1) is 15.0. The smallest absolute Gasteiger partial charge is 0.274 e. The number of hydrogen-bond acceptors (Lipinski definition) is 6. The Balaban J connectivity index is 1.37. The second-order valence-corrected chi connectivity index (χ2v) is 6.51. The van der Waals surface area contributed by atoms with Crippen LogP contribution in [0.25, 0.3) is 0 Å². The number of carbonyl (C=O) groups excluding carboxylic acids is 1. The summed E-state index contributed by atoms with van der Waals surface area (Å²) < 4.78 is 2.16. The molecule has 1 N–H and O–H groups in total. The normalized spacial score (nSPS) is 19.5. The van der Waals surface area contributed by atoms with Gasteiger partial charge in [0, 0.05) is 38.5 Å². The molecule has 0 spiro atoms. The number of anilines is 1. The molecule has 1 unspecified atom stereocenters. The van der Waals surface area contributed by atoms with Crippen LogP contribution in [0.5, 0.6) is 0 Å². The van der Waals surface area contributed by atoms with Crippen LogP contribution in [0.1, 0.15) is 35.0 Å². The number of fused-ring (bicyclic) bond motifs is 1. The highest BCUT2D eigenvalue weighted by Gasteiger charge is 2.25. The lowest BCUT2D eigenvalue weighted by Crippen LogP contribution is -2.28. The van der Waals surface area contributed by atoms with Gasteiger partial charge in [0.25, 0.3) is 5.91 Å². The molecule has 1 atom stereocenters. The van der Waals surface area contributed by atoms with E-state index in [1.807, 2.05) is 11.8 Å². The fraction of sp³-hybridized carbons (Fsp3) is 0.562. The molecule has 4 heterocycles. The van der Waals surface area contributed by atoms with Crippen molar-refractivity contribution >= 4 is 11.7 Å². The minimum atomic E-state index is -0.0219. The summed E-state index contributed by atoms with van der Waals surface area (Å²) in [7, 11) is 0. The van der Waals surface area contributed by atoms with Gasteiger partial charge in [-0.15, -0.1) is 10.2 Å². The number of nitrogens with zero attached hydrogens (tertiary/aromatic N) is 6. The van der Waals surface area contributed by atoms with Crippen LogP contribution < -0.4 is 5.32 Å². The average molecular weight is 327 g/mol. The summed E-state index contributed by atoms with van der Waals surface area (Å²) in [6.45, 7) is 5.31. The van der Waals surface area contributed by atoms with Gasteiger partial charge in [-0.05, 0) is 19.8 Å². The van der Waals surface area contributed by atoms with Gasteiger partial charge in [-0.3, -0.25) is 9.78 Å². The van der Waals surface area contributed by atoms with Gasteiger partial charge >= 0.3 is 0 Å². The molecule has 8 heteroatoms. The van der Waals surface area contributed by atoms with Gasteiger partial charge in [0.05, 0.1) is 12.4 Å². The molecule has 126 valence electrons. The van der Waals surface area contributed by atoms with Crippen molar-refractivity contribution < 1.29 is 4.79 Å². The molecule has 4 rings (SSSR count). The molecule has 2 aliphatic heterocycles. The van der Waals surface area contributed by atoms with Gasteiger partial charge in [0.15, 0.2) is 0 Å². The van der Waals surface area contributed by atoms with Crippen LogP contribution >= 0.6 is 0 Å². The van der Waals surface area contributed by atoms with E-state index in [0.29, 0.717) is 17.4 Å². The van der Waals surface area contributed by atoms with E-state index in [-0.39, 0.29) is 5.91 Å². The first-order valence-electron chi connectivity index (χ1n) is 8.44. The lowest BCUT2D eigenvalue weighted by Gasteiger charge is -2.15.